The van der Waals surface area contributed by atoms with Crippen molar-refractivity contribution in [1.82, 2.24) is 5.32 Å². The number of carbonyl (C=O) groups is 3. The SMILES string of the molecule is CCOC(=O)c1cccc(N2N=C(C)/C(=C/c3ccc(-c4ccc(C(=O)NCC5CC5)cc4)o3)C2=O)c1. The van der Waals surface area contributed by atoms with Gasteiger partial charge < -0.3 is 14.5 Å². The van der Waals surface area contributed by atoms with Crippen LogP contribution < -0.4 is 10.3 Å². The lowest BCUT2D eigenvalue weighted by Gasteiger charge is -2.12. The highest BCUT2D eigenvalue weighted by Gasteiger charge is 2.29. The summed E-state index contributed by atoms with van der Waals surface area (Å²) in [6, 6.07) is 17.4. The Bertz CT molecular complexity index is 1410. The molecule has 2 aromatic carbocycles. The Kier molecular flexibility index (Phi) is 6.72. The maximum absolute atomic E-state index is 13.2. The molecule has 0 saturated heterocycles. The third-order valence-corrected chi connectivity index (χ3v) is 6.26. The van der Waals surface area contributed by atoms with Crippen molar-refractivity contribution in [3.63, 3.8) is 0 Å². The molecule has 2 aliphatic rings. The molecule has 0 atom stereocenters. The summed E-state index contributed by atoms with van der Waals surface area (Å²) >= 11 is 0. The van der Waals surface area contributed by atoms with Gasteiger partial charge in [0.25, 0.3) is 11.8 Å². The third kappa shape index (κ3) is 5.38. The van der Waals surface area contributed by atoms with E-state index in [0.29, 0.717) is 45.5 Å². The molecule has 1 aliphatic heterocycles. The number of hydrazone groups is 1. The summed E-state index contributed by atoms with van der Waals surface area (Å²) in [5.41, 5.74) is 3.17. The summed E-state index contributed by atoms with van der Waals surface area (Å²) < 4.78 is 11.0. The molecule has 1 fully saturated rings. The van der Waals surface area contributed by atoms with E-state index in [1.807, 2.05) is 18.2 Å². The van der Waals surface area contributed by atoms with Gasteiger partial charge in [0, 0.05) is 17.7 Å². The van der Waals surface area contributed by atoms with Crippen LogP contribution in [0.4, 0.5) is 5.69 Å². The number of ether oxygens (including phenoxy) is 1. The molecule has 0 radical (unpaired) electrons. The number of nitrogens with one attached hydrogen (secondary N) is 1. The molecule has 2 heterocycles. The van der Waals surface area contributed by atoms with Crippen LogP contribution in [0.5, 0.6) is 0 Å². The van der Waals surface area contributed by atoms with Crippen molar-refractivity contribution in [2.75, 3.05) is 18.2 Å². The van der Waals surface area contributed by atoms with Crippen molar-refractivity contribution < 1.29 is 23.5 Å². The molecule has 5 rings (SSSR count). The summed E-state index contributed by atoms with van der Waals surface area (Å²) in [4.78, 5) is 37.5. The van der Waals surface area contributed by atoms with E-state index in [2.05, 4.69) is 10.4 Å². The Balaban J connectivity index is 1.30. The number of rotatable bonds is 8. The van der Waals surface area contributed by atoms with Crippen molar-refractivity contribution >= 4 is 35.3 Å². The molecule has 1 aliphatic carbocycles. The first kappa shape index (κ1) is 24.2. The van der Waals surface area contributed by atoms with Crippen LogP contribution in [0.25, 0.3) is 17.4 Å². The Morgan fingerprint density at radius 1 is 1.11 bits per heavy atom. The zero-order chi connectivity index (χ0) is 25.9. The number of hydrogen-bond acceptors (Lipinski definition) is 6. The van der Waals surface area contributed by atoms with Gasteiger partial charge in [0.15, 0.2) is 0 Å². The maximum Gasteiger partial charge on any atom is 0.338 e. The minimum Gasteiger partial charge on any atom is -0.462 e. The zero-order valence-electron chi connectivity index (χ0n) is 20.7. The second-order valence-corrected chi connectivity index (χ2v) is 9.06. The minimum absolute atomic E-state index is 0.0739. The van der Waals surface area contributed by atoms with Gasteiger partial charge in [-0.2, -0.15) is 10.1 Å². The number of anilines is 1. The van der Waals surface area contributed by atoms with Gasteiger partial charge in [-0.05, 0) is 81.1 Å². The van der Waals surface area contributed by atoms with Crippen molar-refractivity contribution in [2.45, 2.75) is 26.7 Å². The van der Waals surface area contributed by atoms with Crippen LogP contribution in [-0.4, -0.2) is 36.6 Å². The first-order chi connectivity index (χ1) is 17.9. The molecule has 1 saturated carbocycles. The van der Waals surface area contributed by atoms with Gasteiger partial charge in [0.1, 0.15) is 11.5 Å². The van der Waals surface area contributed by atoms with Crippen LogP contribution >= 0.6 is 0 Å². The average Bonchev–Trinajstić information content (AvgIpc) is 3.56. The van der Waals surface area contributed by atoms with E-state index < -0.39 is 5.97 Å². The second-order valence-electron chi connectivity index (χ2n) is 9.06. The van der Waals surface area contributed by atoms with E-state index in [4.69, 9.17) is 9.15 Å². The van der Waals surface area contributed by atoms with Crippen LogP contribution in [0.1, 0.15) is 53.2 Å². The van der Waals surface area contributed by atoms with Crippen molar-refractivity contribution in [2.24, 2.45) is 11.0 Å². The van der Waals surface area contributed by atoms with E-state index in [1.165, 1.54) is 17.9 Å². The highest BCUT2D eigenvalue weighted by atomic mass is 16.5. The van der Waals surface area contributed by atoms with Crippen LogP contribution in [-0.2, 0) is 9.53 Å². The highest BCUT2D eigenvalue weighted by Crippen LogP contribution is 2.29. The van der Waals surface area contributed by atoms with E-state index in [-0.39, 0.29) is 18.4 Å². The minimum atomic E-state index is -0.456. The van der Waals surface area contributed by atoms with Gasteiger partial charge in [0.2, 0.25) is 0 Å². The standard InChI is InChI=1S/C29H27N3O5/c1-3-36-29(35)22-5-4-6-23(15-22)32-28(34)25(18(2)31-32)16-24-13-14-26(37-24)20-9-11-21(12-10-20)27(33)30-17-19-7-8-19/h4-6,9-16,19H,3,7-8,17H2,1-2H3,(H,30,33)/b25-16-. The normalized spacial score (nSPS) is 16.2. The highest BCUT2D eigenvalue weighted by molar-refractivity contribution is 6.32. The molecule has 2 amide bonds. The number of hydrogen-bond donors (Lipinski definition) is 1. The smallest absolute Gasteiger partial charge is 0.338 e. The fourth-order valence-electron chi connectivity index (χ4n) is 4.01. The van der Waals surface area contributed by atoms with E-state index in [9.17, 15) is 14.4 Å². The predicted octanol–water partition coefficient (Wildman–Crippen LogP) is 5.07. The number of furan rings is 1. The molecule has 8 heteroatoms. The lowest BCUT2D eigenvalue weighted by molar-refractivity contribution is -0.114. The Morgan fingerprint density at radius 2 is 1.89 bits per heavy atom. The van der Waals surface area contributed by atoms with Crippen LogP contribution in [0.2, 0.25) is 0 Å². The van der Waals surface area contributed by atoms with Gasteiger partial charge in [-0.15, -0.1) is 0 Å². The zero-order valence-corrected chi connectivity index (χ0v) is 20.7. The molecule has 0 unspecified atom stereocenters. The number of nitrogens with zero attached hydrogens (tertiary/aromatic N) is 2. The molecule has 1 aromatic heterocycles. The lowest BCUT2D eigenvalue weighted by Crippen LogP contribution is -2.25. The molecule has 37 heavy (non-hydrogen) atoms. The maximum atomic E-state index is 13.2. The Labute approximate surface area is 214 Å². The van der Waals surface area contributed by atoms with Gasteiger partial charge in [-0.3, -0.25) is 9.59 Å². The number of carbonyl (C=O) groups excluding carboxylic acids is 3. The van der Waals surface area contributed by atoms with Crippen LogP contribution in [0.3, 0.4) is 0 Å². The van der Waals surface area contributed by atoms with Gasteiger partial charge in [0.05, 0.1) is 29.1 Å². The second kappa shape index (κ2) is 10.3. The Hall–Kier alpha value is -4.46. The number of amides is 2. The summed E-state index contributed by atoms with van der Waals surface area (Å²) in [6.45, 7) is 4.48. The quantitative estimate of drug-likeness (QED) is 0.346. The average molecular weight is 498 g/mol. The molecular weight excluding hydrogens is 470 g/mol. The first-order valence-electron chi connectivity index (χ1n) is 12.3. The third-order valence-electron chi connectivity index (χ3n) is 6.26. The molecule has 3 aromatic rings. The fourth-order valence-corrected chi connectivity index (χ4v) is 4.01. The van der Waals surface area contributed by atoms with Crippen molar-refractivity contribution in [3.05, 3.63) is 83.1 Å². The summed E-state index contributed by atoms with van der Waals surface area (Å²) in [5, 5.41) is 8.61. The van der Waals surface area contributed by atoms with Crippen LogP contribution in [0.15, 0.2) is 75.8 Å². The molecular formula is C29H27N3O5. The summed E-state index contributed by atoms with van der Waals surface area (Å²) in [6.07, 6.45) is 4.03. The molecule has 8 nitrogen and oxygen atoms in total. The number of esters is 1. The summed E-state index contributed by atoms with van der Waals surface area (Å²) in [5.74, 6) is 0.897. The topological polar surface area (TPSA) is 101 Å². The van der Waals surface area contributed by atoms with Crippen molar-refractivity contribution in [3.8, 4) is 11.3 Å². The molecule has 188 valence electrons. The van der Waals surface area contributed by atoms with E-state index >= 15 is 0 Å². The predicted molar refractivity (Wildman–Crippen MR) is 140 cm³/mol. The van der Waals surface area contributed by atoms with E-state index in [1.54, 1.807) is 62.4 Å². The summed E-state index contributed by atoms with van der Waals surface area (Å²) in [7, 11) is 0. The van der Waals surface area contributed by atoms with E-state index in [0.717, 1.165) is 12.1 Å². The number of benzene rings is 2. The van der Waals surface area contributed by atoms with Gasteiger partial charge in [-0.25, -0.2) is 4.79 Å². The fraction of sp³-hybridized carbons (Fsp3) is 0.241. The molecule has 0 bridgehead atoms. The monoisotopic (exact) mass is 497 g/mol. The van der Waals surface area contributed by atoms with Gasteiger partial charge >= 0.3 is 5.97 Å². The largest absolute Gasteiger partial charge is 0.462 e. The lowest BCUT2D eigenvalue weighted by atomic mass is 10.1. The van der Waals surface area contributed by atoms with Crippen molar-refractivity contribution in [1.29, 1.82) is 0 Å². The van der Waals surface area contributed by atoms with Crippen LogP contribution in [0, 0.1) is 5.92 Å². The van der Waals surface area contributed by atoms with Gasteiger partial charge in [-0.1, -0.05) is 18.2 Å². The first-order valence-corrected chi connectivity index (χ1v) is 12.3. The molecule has 0 spiro atoms. The molecule has 1 N–H and O–H groups in total. The Morgan fingerprint density at radius 3 is 2.62 bits per heavy atom.